The molecule has 0 unspecified atom stereocenters. The van der Waals surface area contributed by atoms with Gasteiger partial charge in [0.1, 0.15) is 5.82 Å². The first-order valence-electron chi connectivity index (χ1n) is 8.02. The van der Waals surface area contributed by atoms with Crippen LogP contribution in [0.4, 0.5) is 11.9 Å². The molecule has 1 aromatic heterocycles. The van der Waals surface area contributed by atoms with Gasteiger partial charge in [-0.1, -0.05) is 19.3 Å². The second kappa shape index (κ2) is 6.13. The number of rotatable bonds is 3. The van der Waals surface area contributed by atoms with E-state index in [2.05, 4.69) is 19.9 Å². The zero-order valence-electron chi connectivity index (χ0n) is 13.1. The fraction of sp³-hybridized carbons (Fsp3) is 0.800. The van der Waals surface area contributed by atoms with E-state index in [0.717, 1.165) is 30.7 Å². The molecule has 3 rings (SSSR count). The molecular weight excluding hydrogens is 264 g/mol. The molecule has 2 N–H and O–H groups in total. The van der Waals surface area contributed by atoms with E-state index in [1.807, 2.05) is 19.0 Å². The molecule has 1 aliphatic heterocycles. The van der Waals surface area contributed by atoms with Crippen LogP contribution < -0.4 is 10.6 Å². The van der Waals surface area contributed by atoms with Gasteiger partial charge in [0, 0.05) is 20.6 Å². The predicted molar refractivity (Wildman–Crippen MR) is 83.9 cm³/mol. The molecular formula is C15H26N6. The summed E-state index contributed by atoms with van der Waals surface area (Å²) in [6, 6.07) is 0. The van der Waals surface area contributed by atoms with E-state index in [1.165, 1.54) is 38.6 Å². The van der Waals surface area contributed by atoms with E-state index < -0.39 is 0 Å². The molecule has 2 atom stereocenters. The normalized spacial score (nSPS) is 26.4. The molecule has 1 saturated carbocycles. The molecule has 0 spiro atoms. The van der Waals surface area contributed by atoms with Crippen molar-refractivity contribution in [3.8, 4) is 0 Å². The first-order valence-corrected chi connectivity index (χ1v) is 8.02. The summed E-state index contributed by atoms with van der Waals surface area (Å²) in [5.41, 5.74) is 5.80. The molecule has 0 radical (unpaired) electrons. The standard InChI is InChI=1S/C15H26N6/c1-20(2)15-18-13(17-14(16)19-15)10-21-8-7-11-5-3-4-6-12(11)9-21/h11-12H,3-10H2,1-2H3,(H2,16,17,18,19)/t11-,12-/m1/s1. The summed E-state index contributed by atoms with van der Waals surface area (Å²) < 4.78 is 0. The van der Waals surface area contributed by atoms with Crippen LogP contribution >= 0.6 is 0 Å². The predicted octanol–water partition coefficient (Wildman–Crippen LogP) is 1.53. The number of hydrogen-bond donors (Lipinski definition) is 1. The smallest absolute Gasteiger partial charge is 0.229 e. The van der Waals surface area contributed by atoms with E-state index >= 15 is 0 Å². The number of aromatic nitrogens is 3. The van der Waals surface area contributed by atoms with E-state index in [9.17, 15) is 0 Å². The third-order valence-electron chi connectivity index (χ3n) is 4.83. The lowest BCUT2D eigenvalue weighted by Gasteiger charge is -2.41. The second-order valence-electron chi connectivity index (χ2n) is 6.63. The van der Waals surface area contributed by atoms with Crippen molar-refractivity contribution in [1.29, 1.82) is 0 Å². The van der Waals surface area contributed by atoms with Crippen LogP contribution in [0.3, 0.4) is 0 Å². The van der Waals surface area contributed by atoms with Gasteiger partial charge in [-0.25, -0.2) is 0 Å². The molecule has 2 aliphatic rings. The van der Waals surface area contributed by atoms with Gasteiger partial charge < -0.3 is 10.6 Å². The molecule has 21 heavy (non-hydrogen) atoms. The molecule has 116 valence electrons. The van der Waals surface area contributed by atoms with Crippen molar-refractivity contribution in [3.63, 3.8) is 0 Å². The Kier molecular flexibility index (Phi) is 4.24. The largest absolute Gasteiger partial charge is 0.368 e. The highest BCUT2D eigenvalue weighted by atomic mass is 15.3. The molecule has 2 fully saturated rings. The van der Waals surface area contributed by atoms with Gasteiger partial charge in [-0.3, -0.25) is 4.90 Å². The molecule has 0 aromatic carbocycles. The second-order valence-corrected chi connectivity index (χ2v) is 6.63. The number of nitrogens with zero attached hydrogens (tertiary/aromatic N) is 5. The van der Waals surface area contributed by atoms with E-state index in [4.69, 9.17) is 5.73 Å². The molecule has 0 amide bonds. The van der Waals surface area contributed by atoms with Crippen LogP contribution in [0.1, 0.15) is 37.9 Å². The Balaban J connectivity index is 1.66. The van der Waals surface area contributed by atoms with Crippen molar-refractivity contribution in [3.05, 3.63) is 5.82 Å². The third kappa shape index (κ3) is 3.43. The van der Waals surface area contributed by atoms with Crippen LogP contribution in [-0.4, -0.2) is 47.0 Å². The van der Waals surface area contributed by atoms with Gasteiger partial charge in [0.25, 0.3) is 0 Å². The van der Waals surface area contributed by atoms with Crippen molar-refractivity contribution >= 4 is 11.9 Å². The highest BCUT2D eigenvalue weighted by Gasteiger charge is 2.31. The summed E-state index contributed by atoms with van der Waals surface area (Å²) in [6.07, 6.45) is 6.98. The van der Waals surface area contributed by atoms with Crippen LogP contribution in [-0.2, 0) is 6.54 Å². The Morgan fingerprint density at radius 3 is 2.62 bits per heavy atom. The number of likely N-dealkylation sites (tertiary alicyclic amines) is 1. The van der Waals surface area contributed by atoms with Crippen molar-refractivity contribution in [1.82, 2.24) is 19.9 Å². The zero-order chi connectivity index (χ0) is 14.8. The maximum absolute atomic E-state index is 5.80. The number of fused-ring (bicyclic) bond motifs is 1. The minimum Gasteiger partial charge on any atom is -0.368 e. The highest BCUT2D eigenvalue weighted by molar-refractivity contribution is 5.32. The summed E-state index contributed by atoms with van der Waals surface area (Å²) in [4.78, 5) is 17.3. The lowest BCUT2D eigenvalue weighted by molar-refractivity contribution is 0.0803. The van der Waals surface area contributed by atoms with Gasteiger partial charge in [-0.15, -0.1) is 0 Å². The van der Waals surface area contributed by atoms with Gasteiger partial charge in [0.2, 0.25) is 11.9 Å². The van der Waals surface area contributed by atoms with Gasteiger partial charge in [-0.2, -0.15) is 15.0 Å². The molecule has 1 aliphatic carbocycles. The monoisotopic (exact) mass is 290 g/mol. The molecule has 6 heteroatoms. The SMILES string of the molecule is CN(C)c1nc(N)nc(CN2CC[C@H]3CCCC[C@@H]3C2)n1. The fourth-order valence-corrected chi connectivity index (χ4v) is 3.72. The van der Waals surface area contributed by atoms with Crippen molar-refractivity contribution in [2.75, 3.05) is 37.8 Å². The number of anilines is 2. The van der Waals surface area contributed by atoms with E-state index in [0.29, 0.717) is 11.9 Å². The lowest BCUT2D eigenvalue weighted by Crippen LogP contribution is -2.41. The summed E-state index contributed by atoms with van der Waals surface area (Å²) in [6.45, 7) is 3.13. The Morgan fingerprint density at radius 1 is 1.10 bits per heavy atom. The Morgan fingerprint density at radius 2 is 1.86 bits per heavy atom. The Hall–Kier alpha value is -1.43. The Labute approximate surface area is 126 Å². The van der Waals surface area contributed by atoms with Crippen molar-refractivity contribution in [2.45, 2.75) is 38.6 Å². The lowest BCUT2D eigenvalue weighted by atomic mass is 9.75. The van der Waals surface area contributed by atoms with Gasteiger partial charge >= 0.3 is 0 Å². The van der Waals surface area contributed by atoms with Crippen LogP contribution in [0.15, 0.2) is 0 Å². The van der Waals surface area contributed by atoms with Crippen molar-refractivity contribution < 1.29 is 0 Å². The number of nitrogens with two attached hydrogens (primary N) is 1. The maximum Gasteiger partial charge on any atom is 0.229 e. The number of hydrogen-bond acceptors (Lipinski definition) is 6. The summed E-state index contributed by atoms with van der Waals surface area (Å²) >= 11 is 0. The first kappa shape index (κ1) is 14.5. The summed E-state index contributed by atoms with van der Waals surface area (Å²) in [7, 11) is 3.85. The number of piperidine rings is 1. The van der Waals surface area contributed by atoms with Crippen LogP contribution in [0.5, 0.6) is 0 Å². The third-order valence-corrected chi connectivity index (χ3v) is 4.83. The Bertz CT molecular complexity index is 489. The van der Waals surface area contributed by atoms with Gasteiger partial charge in [0.05, 0.1) is 6.54 Å². The molecule has 1 saturated heterocycles. The van der Waals surface area contributed by atoms with Crippen LogP contribution in [0.2, 0.25) is 0 Å². The van der Waals surface area contributed by atoms with Crippen molar-refractivity contribution in [2.24, 2.45) is 11.8 Å². The average Bonchev–Trinajstić information content (AvgIpc) is 2.46. The average molecular weight is 290 g/mol. The van der Waals surface area contributed by atoms with Gasteiger partial charge in [-0.05, 0) is 31.2 Å². The van der Waals surface area contributed by atoms with Gasteiger partial charge in [0.15, 0.2) is 0 Å². The minimum atomic E-state index is 0.316. The molecule has 6 nitrogen and oxygen atoms in total. The van der Waals surface area contributed by atoms with E-state index in [-0.39, 0.29) is 0 Å². The topological polar surface area (TPSA) is 71.2 Å². The highest BCUT2D eigenvalue weighted by Crippen LogP contribution is 2.36. The summed E-state index contributed by atoms with van der Waals surface area (Å²) in [5.74, 6) is 3.58. The quantitative estimate of drug-likeness (QED) is 0.910. The first-order chi connectivity index (χ1) is 10.1. The van der Waals surface area contributed by atoms with Crippen LogP contribution in [0.25, 0.3) is 0 Å². The number of nitrogen functional groups attached to an aromatic ring is 1. The fourth-order valence-electron chi connectivity index (χ4n) is 3.72. The van der Waals surface area contributed by atoms with Crippen LogP contribution in [0, 0.1) is 11.8 Å². The summed E-state index contributed by atoms with van der Waals surface area (Å²) in [5, 5.41) is 0. The molecule has 0 bridgehead atoms. The zero-order valence-corrected chi connectivity index (χ0v) is 13.1. The molecule has 2 heterocycles. The minimum absolute atomic E-state index is 0.316. The van der Waals surface area contributed by atoms with E-state index in [1.54, 1.807) is 0 Å². The molecule has 1 aromatic rings. The maximum atomic E-state index is 5.80.